The number of thioether (sulfide) groups is 1. The molecule has 4 aromatic rings. The molecule has 0 N–H and O–H groups in total. The van der Waals surface area contributed by atoms with E-state index < -0.39 is 0 Å². The van der Waals surface area contributed by atoms with E-state index >= 15 is 0 Å². The molecule has 1 amide bonds. The first-order valence-corrected chi connectivity index (χ1v) is 12.4. The third kappa shape index (κ3) is 5.17. The molecule has 0 spiro atoms. The van der Waals surface area contributed by atoms with E-state index in [1.165, 1.54) is 23.9 Å². The summed E-state index contributed by atoms with van der Waals surface area (Å²) in [4.78, 5) is 26.6. The number of benzene rings is 3. The second-order valence-electron chi connectivity index (χ2n) is 8.29. The minimum Gasteiger partial charge on any atom is -0.312 e. The van der Waals surface area contributed by atoms with Crippen molar-refractivity contribution in [1.29, 1.82) is 0 Å². The Hall–Kier alpha value is -3.78. The number of rotatable bonds is 8. The number of carbonyl (C=O) groups excluding carboxylic acids is 2. The van der Waals surface area contributed by atoms with Crippen molar-refractivity contribution in [1.82, 2.24) is 14.8 Å². The van der Waals surface area contributed by atoms with Crippen molar-refractivity contribution in [2.24, 2.45) is 0 Å². The number of nitrogens with zero attached hydrogens (tertiary/aromatic N) is 4. The maximum Gasteiger partial charge on any atom is 0.227 e. The second-order valence-corrected chi connectivity index (χ2v) is 9.23. The third-order valence-electron chi connectivity index (χ3n) is 5.91. The van der Waals surface area contributed by atoms with Crippen LogP contribution in [-0.2, 0) is 11.3 Å². The molecular formula is C27H23FN4O2S. The predicted molar refractivity (Wildman–Crippen MR) is 134 cm³/mol. The van der Waals surface area contributed by atoms with Gasteiger partial charge in [0.2, 0.25) is 5.91 Å². The van der Waals surface area contributed by atoms with Gasteiger partial charge in [-0.05, 0) is 60.5 Å². The van der Waals surface area contributed by atoms with Crippen LogP contribution in [0, 0.1) is 5.82 Å². The van der Waals surface area contributed by atoms with Gasteiger partial charge in [0, 0.05) is 29.8 Å². The monoisotopic (exact) mass is 486 g/mol. The average Bonchev–Trinajstić information content (AvgIpc) is 3.50. The van der Waals surface area contributed by atoms with Gasteiger partial charge in [0.15, 0.2) is 16.8 Å². The van der Waals surface area contributed by atoms with Crippen molar-refractivity contribution >= 4 is 29.1 Å². The van der Waals surface area contributed by atoms with Crippen LogP contribution in [0.5, 0.6) is 0 Å². The van der Waals surface area contributed by atoms with Crippen LogP contribution in [0.25, 0.3) is 11.4 Å². The standard InChI is InChI=1S/C27H23FN4O2S/c28-22-12-8-21(9-13-22)26-29-30-27(32(26)17-19-5-2-1-3-6-19)35-18-24(33)20-10-14-23(15-11-20)31-16-4-7-25(31)34/h1-3,5-6,8-15H,4,7,16-18H2. The van der Waals surface area contributed by atoms with Crippen molar-refractivity contribution in [3.63, 3.8) is 0 Å². The number of ketones is 1. The molecule has 8 heteroatoms. The highest BCUT2D eigenvalue weighted by Crippen LogP contribution is 2.27. The van der Waals surface area contributed by atoms with Gasteiger partial charge in [-0.1, -0.05) is 42.1 Å². The molecule has 0 saturated carbocycles. The molecule has 1 aromatic heterocycles. The van der Waals surface area contributed by atoms with Crippen LogP contribution in [0.2, 0.25) is 0 Å². The van der Waals surface area contributed by atoms with Crippen molar-refractivity contribution < 1.29 is 14.0 Å². The van der Waals surface area contributed by atoms with E-state index in [9.17, 15) is 14.0 Å². The van der Waals surface area contributed by atoms with Gasteiger partial charge in [-0.3, -0.25) is 14.2 Å². The van der Waals surface area contributed by atoms with Crippen molar-refractivity contribution in [2.45, 2.75) is 24.5 Å². The highest BCUT2D eigenvalue weighted by Gasteiger charge is 2.22. The molecule has 0 radical (unpaired) electrons. The first-order valence-electron chi connectivity index (χ1n) is 11.4. The second kappa shape index (κ2) is 10.2. The SMILES string of the molecule is O=C(CSc1nnc(-c2ccc(F)cc2)n1Cc1ccccc1)c1ccc(N2CCCC2=O)cc1. The van der Waals surface area contributed by atoms with Gasteiger partial charge in [-0.2, -0.15) is 0 Å². The minimum absolute atomic E-state index is 0.0353. The largest absolute Gasteiger partial charge is 0.312 e. The summed E-state index contributed by atoms with van der Waals surface area (Å²) in [5.74, 6) is 0.575. The molecule has 0 atom stereocenters. The molecule has 1 aliphatic rings. The van der Waals surface area contributed by atoms with E-state index in [0.29, 0.717) is 29.5 Å². The van der Waals surface area contributed by atoms with Crippen LogP contribution >= 0.6 is 11.8 Å². The summed E-state index contributed by atoms with van der Waals surface area (Å²) in [6.07, 6.45) is 1.43. The van der Waals surface area contributed by atoms with Crippen LogP contribution in [0.1, 0.15) is 28.8 Å². The van der Waals surface area contributed by atoms with Crippen LogP contribution in [0.4, 0.5) is 10.1 Å². The molecule has 2 heterocycles. The van der Waals surface area contributed by atoms with Crippen molar-refractivity contribution in [2.75, 3.05) is 17.2 Å². The van der Waals surface area contributed by atoms with Gasteiger partial charge >= 0.3 is 0 Å². The number of halogens is 1. The lowest BCUT2D eigenvalue weighted by molar-refractivity contribution is -0.117. The summed E-state index contributed by atoms with van der Waals surface area (Å²) in [5.41, 5.74) is 3.22. The normalized spacial score (nSPS) is 13.4. The van der Waals surface area contributed by atoms with E-state index in [2.05, 4.69) is 10.2 Å². The first kappa shape index (κ1) is 23.0. The molecule has 0 unspecified atom stereocenters. The molecule has 3 aromatic carbocycles. The summed E-state index contributed by atoms with van der Waals surface area (Å²) < 4.78 is 15.4. The highest BCUT2D eigenvalue weighted by atomic mass is 32.2. The zero-order valence-corrected chi connectivity index (χ0v) is 19.7. The molecule has 1 fully saturated rings. The fourth-order valence-corrected chi connectivity index (χ4v) is 4.91. The topological polar surface area (TPSA) is 68.1 Å². The maximum absolute atomic E-state index is 13.5. The Morgan fingerprint density at radius 2 is 1.69 bits per heavy atom. The minimum atomic E-state index is -0.316. The molecule has 35 heavy (non-hydrogen) atoms. The van der Waals surface area contributed by atoms with Gasteiger partial charge in [0.05, 0.1) is 12.3 Å². The third-order valence-corrected chi connectivity index (χ3v) is 6.88. The molecule has 1 aliphatic heterocycles. The van der Waals surface area contributed by atoms with Gasteiger partial charge in [-0.15, -0.1) is 10.2 Å². The van der Waals surface area contributed by atoms with Crippen LogP contribution in [0.3, 0.4) is 0 Å². The van der Waals surface area contributed by atoms with E-state index in [-0.39, 0.29) is 23.3 Å². The molecule has 6 nitrogen and oxygen atoms in total. The number of hydrogen-bond acceptors (Lipinski definition) is 5. The first-order chi connectivity index (χ1) is 17.1. The maximum atomic E-state index is 13.5. The van der Waals surface area contributed by atoms with Crippen molar-refractivity contribution in [3.05, 3.63) is 95.8 Å². The summed E-state index contributed by atoms with van der Waals surface area (Å²) >= 11 is 1.32. The van der Waals surface area contributed by atoms with Crippen LogP contribution in [0.15, 0.2) is 84.0 Å². The Balaban J connectivity index is 1.34. The fourth-order valence-electron chi connectivity index (χ4n) is 4.08. The van der Waals surface area contributed by atoms with E-state index in [0.717, 1.165) is 29.8 Å². The molecule has 1 saturated heterocycles. The smallest absolute Gasteiger partial charge is 0.227 e. The lowest BCUT2D eigenvalue weighted by Gasteiger charge is -2.15. The fraction of sp³-hybridized carbons (Fsp3) is 0.185. The molecule has 0 aliphatic carbocycles. The van der Waals surface area contributed by atoms with E-state index in [1.807, 2.05) is 47.0 Å². The number of aromatic nitrogens is 3. The number of carbonyl (C=O) groups is 2. The summed E-state index contributed by atoms with van der Waals surface area (Å²) in [6, 6.07) is 23.2. The Labute approximate surface area is 206 Å². The number of Topliss-reactive ketones (excluding diaryl/α,β-unsaturated/α-hetero) is 1. The zero-order valence-electron chi connectivity index (χ0n) is 18.9. The summed E-state index contributed by atoms with van der Waals surface area (Å²) in [7, 11) is 0. The number of amides is 1. The highest BCUT2D eigenvalue weighted by molar-refractivity contribution is 7.99. The van der Waals surface area contributed by atoms with E-state index in [1.54, 1.807) is 29.2 Å². The molecule has 176 valence electrons. The molecule has 5 rings (SSSR count). The summed E-state index contributed by atoms with van der Waals surface area (Å²) in [5, 5.41) is 9.30. The lowest BCUT2D eigenvalue weighted by Crippen LogP contribution is -2.23. The Morgan fingerprint density at radius 3 is 2.37 bits per heavy atom. The summed E-state index contributed by atoms with van der Waals surface area (Å²) in [6.45, 7) is 1.24. The zero-order chi connectivity index (χ0) is 24.2. The van der Waals surface area contributed by atoms with Gasteiger partial charge < -0.3 is 4.90 Å². The predicted octanol–water partition coefficient (Wildman–Crippen LogP) is 5.23. The van der Waals surface area contributed by atoms with Gasteiger partial charge in [0.25, 0.3) is 0 Å². The quantitative estimate of drug-likeness (QED) is 0.252. The van der Waals surface area contributed by atoms with Gasteiger partial charge in [-0.25, -0.2) is 4.39 Å². The van der Waals surface area contributed by atoms with Crippen LogP contribution in [-0.4, -0.2) is 38.8 Å². The molecular weight excluding hydrogens is 463 g/mol. The van der Waals surface area contributed by atoms with Crippen LogP contribution < -0.4 is 4.90 Å². The number of hydrogen-bond donors (Lipinski definition) is 0. The van der Waals surface area contributed by atoms with Crippen molar-refractivity contribution in [3.8, 4) is 11.4 Å². The molecule has 0 bridgehead atoms. The average molecular weight is 487 g/mol. The lowest BCUT2D eigenvalue weighted by atomic mass is 10.1. The van der Waals surface area contributed by atoms with Gasteiger partial charge in [0.1, 0.15) is 5.82 Å². The number of anilines is 1. The Morgan fingerprint density at radius 1 is 0.943 bits per heavy atom. The Kier molecular flexibility index (Phi) is 6.72. The van der Waals surface area contributed by atoms with E-state index in [4.69, 9.17) is 0 Å². The Bertz CT molecular complexity index is 1340.